The highest BCUT2D eigenvalue weighted by Crippen LogP contribution is 2.22. The molecule has 1 aromatic heterocycles. The van der Waals surface area contributed by atoms with Crippen LogP contribution in [0.25, 0.3) is 0 Å². The SMILES string of the molecule is Cc1nn(CCCCC(C)(C)C#N)c(C)c1N. The van der Waals surface area contributed by atoms with E-state index >= 15 is 0 Å². The highest BCUT2D eigenvalue weighted by atomic mass is 15.3. The van der Waals surface area contributed by atoms with Crippen molar-refractivity contribution in [3.63, 3.8) is 0 Å². The zero-order chi connectivity index (χ0) is 13.1. The van der Waals surface area contributed by atoms with Gasteiger partial charge < -0.3 is 5.73 Å². The summed E-state index contributed by atoms with van der Waals surface area (Å²) < 4.78 is 1.96. The Kier molecular flexibility index (Phi) is 4.17. The Hall–Kier alpha value is -1.50. The minimum atomic E-state index is -0.214. The third-order valence-corrected chi connectivity index (χ3v) is 3.16. The smallest absolute Gasteiger partial charge is 0.0825 e. The molecule has 1 rings (SSSR count). The van der Waals surface area contributed by atoms with Crippen molar-refractivity contribution in [2.24, 2.45) is 5.41 Å². The quantitative estimate of drug-likeness (QED) is 0.796. The van der Waals surface area contributed by atoms with Crippen LogP contribution in [0.4, 0.5) is 5.69 Å². The monoisotopic (exact) mass is 234 g/mol. The van der Waals surface area contributed by atoms with Gasteiger partial charge in [-0.2, -0.15) is 10.4 Å². The lowest BCUT2D eigenvalue weighted by Gasteiger charge is -2.14. The van der Waals surface area contributed by atoms with Crippen LogP contribution in [0.2, 0.25) is 0 Å². The summed E-state index contributed by atoms with van der Waals surface area (Å²) in [6.45, 7) is 8.76. The minimum Gasteiger partial charge on any atom is -0.396 e. The second-order valence-electron chi connectivity index (χ2n) is 5.26. The maximum absolute atomic E-state index is 8.91. The van der Waals surface area contributed by atoms with Crippen LogP contribution >= 0.6 is 0 Å². The van der Waals surface area contributed by atoms with Crippen LogP contribution in [0.15, 0.2) is 0 Å². The molecule has 4 nitrogen and oxygen atoms in total. The van der Waals surface area contributed by atoms with Crippen LogP contribution in [0.3, 0.4) is 0 Å². The Bertz CT molecular complexity index is 423. The summed E-state index contributed by atoms with van der Waals surface area (Å²) in [7, 11) is 0. The average Bonchev–Trinajstić information content (AvgIpc) is 2.52. The van der Waals surface area contributed by atoms with Crippen molar-refractivity contribution < 1.29 is 0 Å². The molecular formula is C13H22N4. The second-order valence-corrected chi connectivity index (χ2v) is 5.26. The Labute approximate surface area is 103 Å². The molecule has 0 atom stereocenters. The van der Waals surface area contributed by atoms with Crippen molar-refractivity contribution in [1.29, 1.82) is 5.26 Å². The fourth-order valence-corrected chi connectivity index (χ4v) is 1.81. The molecule has 0 radical (unpaired) electrons. The summed E-state index contributed by atoms with van der Waals surface area (Å²) in [6, 6.07) is 2.32. The topological polar surface area (TPSA) is 67.6 Å². The van der Waals surface area contributed by atoms with E-state index in [-0.39, 0.29) is 5.41 Å². The highest BCUT2D eigenvalue weighted by Gasteiger charge is 2.15. The Morgan fingerprint density at radius 2 is 2.00 bits per heavy atom. The number of aromatic nitrogens is 2. The lowest BCUT2D eigenvalue weighted by molar-refractivity contribution is 0.410. The molecule has 4 heteroatoms. The fourth-order valence-electron chi connectivity index (χ4n) is 1.81. The van der Waals surface area contributed by atoms with Crippen LogP contribution in [0.1, 0.15) is 44.5 Å². The van der Waals surface area contributed by atoms with Gasteiger partial charge in [0.15, 0.2) is 0 Å². The van der Waals surface area contributed by atoms with Gasteiger partial charge in [-0.25, -0.2) is 0 Å². The third kappa shape index (κ3) is 3.48. The molecule has 0 unspecified atom stereocenters. The number of aryl methyl sites for hydroxylation is 2. The first-order chi connectivity index (χ1) is 7.87. The van der Waals surface area contributed by atoms with Gasteiger partial charge in [0, 0.05) is 6.54 Å². The molecular weight excluding hydrogens is 212 g/mol. The first-order valence-electron chi connectivity index (χ1n) is 6.08. The van der Waals surface area contributed by atoms with Gasteiger partial charge in [0.1, 0.15) is 0 Å². The van der Waals surface area contributed by atoms with E-state index in [1.165, 1.54) is 0 Å². The van der Waals surface area contributed by atoms with Gasteiger partial charge in [0.25, 0.3) is 0 Å². The molecule has 0 aliphatic rings. The van der Waals surface area contributed by atoms with E-state index in [1.807, 2.05) is 32.4 Å². The molecule has 1 heterocycles. The maximum atomic E-state index is 8.91. The molecule has 0 spiro atoms. The lowest BCUT2D eigenvalue weighted by atomic mass is 9.89. The molecule has 0 saturated carbocycles. The van der Waals surface area contributed by atoms with Gasteiger partial charge in [0.05, 0.1) is 28.6 Å². The molecule has 0 saturated heterocycles. The van der Waals surface area contributed by atoms with E-state index in [0.29, 0.717) is 0 Å². The Balaban J connectivity index is 2.42. The van der Waals surface area contributed by atoms with Crippen LogP contribution in [0, 0.1) is 30.6 Å². The molecule has 0 aliphatic heterocycles. The summed E-state index contributed by atoms with van der Waals surface area (Å²) in [5, 5.41) is 13.3. The van der Waals surface area contributed by atoms with Crippen molar-refractivity contribution in [3.05, 3.63) is 11.4 Å². The predicted molar refractivity (Wildman–Crippen MR) is 69.4 cm³/mol. The van der Waals surface area contributed by atoms with Gasteiger partial charge in [-0.05, 0) is 40.5 Å². The number of unbranched alkanes of at least 4 members (excludes halogenated alkanes) is 1. The molecule has 0 bridgehead atoms. The van der Waals surface area contributed by atoms with E-state index in [9.17, 15) is 0 Å². The predicted octanol–water partition coefficient (Wildman–Crippen LogP) is 2.80. The lowest BCUT2D eigenvalue weighted by Crippen LogP contribution is -2.09. The second kappa shape index (κ2) is 5.22. The Morgan fingerprint density at radius 3 is 2.47 bits per heavy atom. The van der Waals surface area contributed by atoms with Crippen molar-refractivity contribution >= 4 is 5.69 Å². The number of anilines is 1. The number of nitriles is 1. The molecule has 1 aromatic rings. The van der Waals surface area contributed by atoms with Crippen molar-refractivity contribution in [3.8, 4) is 6.07 Å². The number of hydrogen-bond donors (Lipinski definition) is 1. The number of nitrogen functional groups attached to an aromatic ring is 1. The first-order valence-corrected chi connectivity index (χ1v) is 6.08. The third-order valence-electron chi connectivity index (χ3n) is 3.16. The standard InChI is InChI=1S/C13H22N4/c1-10-12(15)11(2)17(16-10)8-6-5-7-13(3,4)9-14/h5-8,15H2,1-4H3. The largest absolute Gasteiger partial charge is 0.396 e. The highest BCUT2D eigenvalue weighted by molar-refractivity contribution is 5.46. The van der Waals surface area contributed by atoms with E-state index in [2.05, 4.69) is 11.2 Å². The van der Waals surface area contributed by atoms with Gasteiger partial charge in [-0.3, -0.25) is 4.68 Å². The summed E-state index contributed by atoms with van der Waals surface area (Å²) in [5.74, 6) is 0. The van der Waals surface area contributed by atoms with Crippen molar-refractivity contribution in [2.45, 2.75) is 53.5 Å². The first kappa shape index (κ1) is 13.6. The maximum Gasteiger partial charge on any atom is 0.0825 e. The molecule has 2 N–H and O–H groups in total. The number of nitrogens with zero attached hydrogens (tertiary/aromatic N) is 3. The normalized spacial score (nSPS) is 11.5. The molecule has 0 aromatic carbocycles. The van der Waals surface area contributed by atoms with Crippen LogP contribution in [-0.2, 0) is 6.54 Å². The van der Waals surface area contributed by atoms with Crippen molar-refractivity contribution in [1.82, 2.24) is 9.78 Å². The van der Waals surface area contributed by atoms with Crippen molar-refractivity contribution in [2.75, 3.05) is 5.73 Å². The van der Waals surface area contributed by atoms with Gasteiger partial charge in [-0.1, -0.05) is 6.42 Å². The van der Waals surface area contributed by atoms with Crippen LogP contribution in [0.5, 0.6) is 0 Å². The average molecular weight is 234 g/mol. The van der Waals surface area contributed by atoms with Crippen LogP contribution < -0.4 is 5.73 Å². The molecule has 0 aliphatic carbocycles. The number of hydrogen-bond acceptors (Lipinski definition) is 3. The van der Waals surface area contributed by atoms with E-state index in [0.717, 1.165) is 42.9 Å². The summed E-state index contributed by atoms with van der Waals surface area (Å²) >= 11 is 0. The fraction of sp³-hybridized carbons (Fsp3) is 0.692. The molecule has 0 amide bonds. The van der Waals surface area contributed by atoms with E-state index < -0.39 is 0 Å². The summed E-state index contributed by atoms with van der Waals surface area (Å²) in [5.41, 5.74) is 8.40. The van der Waals surface area contributed by atoms with Gasteiger partial charge in [0.2, 0.25) is 0 Å². The minimum absolute atomic E-state index is 0.214. The molecule has 94 valence electrons. The number of nitrogens with two attached hydrogens (primary N) is 1. The number of rotatable bonds is 5. The molecule has 0 fully saturated rings. The zero-order valence-electron chi connectivity index (χ0n) is 11.2. The van der Waals surface area contributed by atoms with E-state index in [4.69, 9.17) is 11.0 Å². The zero-order valence-corrected chi connectivity index (χ0v) is 11.2. The molecule has 17 heavy (non-hydrogen) atoms. The van der Waals surface area contributed by atoms with Gasteiger partial charge >= 0.3 is 0 Å². The van der Waals surface area contributed by atoms with Crippen LogP contribution in [-0.4, -0.2) is 9.78 Å². The summed E-state index contributed by atoms with van der Waals surface area (Å²) in [6.07, 6.45) is 3.00. The van der Waals surface area contributed by atoms with Gasteiger partial charge in [-0.15, -0.1) is 0 Å². The Morgan fingerprint density at radius 1 is 1.35 bits per heavy atom. The summed E-state index contributed by atoms with van der Waals surface area (Å²) in [4.78, 5) is 0. The van der Waals surface area contributed by atoms with E-state index in [1.54, 1.807) is 0 Å².